The summed E-state index contributed by atoms with van der Waals surface area (Å²) in [6.07, 6.45) is 2.68. The number of hydrogen-bond donors (Lipinski definition) is 2. The van der Waals surface area contributed by atoms with Crippen LogP contribution in [0.5, 0.6) is 0 Å². The predicted octanol–water partition coefficient (Wildman–Crippen LogP) is 2.54. The number of nitrogens with one attached hydrogen (secondary N) is 1. The van der Waals surface area contributed by atoms with E-state index in [0.717, 1.165) is 24.8 Å². The van der Waals surface area contributed by atoms with Crippen LogP contribution in [0.15, 0.2) is 24.3 Å². The zero-order valence-electron chi connectivity index (χ0n) is 12.0. The summed E-state index contributed by atoms with van der Waals surface area (Å²) in [6, 6.07) is 6.32. The number of carboxylic acids is 1. The molecule has 1 aromatic carbocycles. The number of amides is 1. The van der Waals surface area contributed by atoms with E-state index in [1.54, 1.807) is 24.3 Å². The van der Waals surface area contributed by atoms with Gasteiger partial charge in [0.05, 0.1) is 30.6 Å². The minimum absolute atomic E-state index is 0.0132. The Morgan fingerprint density at radius 1 is 1.32 bits per heavy atom. The number of benzene rings is 1. The number of carboxylic acid groups (broad SMARTS) is 1. The lowest BCUT2D eigenvalue weighted by Gasteiger charge is -2.23. The lowest BCUT2D eigenvalue weighted by atomic mass is 9.88. The lowest BCUT2D eigenvalue weighted by Crippen LogP contribution is -2.38. The molecule has 0 saturated carbocycles. The Hall–Kier alpha value is -1.59. The molecule has 0 spiro atoms. The summed E-state index contributed by atoms with van der Waals surface area (Å²) in [7, 11) is 0. The van der Waals surface area contributed by atoms with Crippen LogP contribution in [-0.4, -0.2) is 29.2 Å². The number of aliphatic carboxylic acids is 1. The van der Waals surface area contributed by atoms with Gasteiger partial charge in [0.2, 0.25) is 5.91 Å². The summed E-state index contributed by atoms with van der Waals surface area (Å²) < 4.78 is 5.70. The predicted molar refractivity (Wildman–Crippen MR) is 80.6 cm³/mol. The van der Waals surface area contributed by atoms with E-state index in [4.69, 9.17) is 21.4 Å². The minimum atomic E-state index is -0.954. The zero-order valence-corrected chi connectivity index (χ0v) is 12.8. The highest BCUT2D eigenvalue weighted by atomic mass is 35.5. The van der Waals surface area contributed by atoms with Crippen LogP contribution < -0.4 is 5.32 Å². The van der Waals surface area contributed by atoms with E-state index in [1.165, 1.54) is 0 Å². The lowest BCUT2D eigenvalue weighted by molar-refractivity contribution is -0.138. The molecule has 0 aromatic heterocycles. The molecule has 2 saturated heterocycles. The molecule has 2 aliphatic rings. The maximum absolute atomic E-state index is 12.5. The van der Waals surface area contributed by atoms with Gasteiger partial charge in [0.1, 0.15) is 0 Å². The number of ether oxygens (including phenoxy) is 1. The van der Waals surface area contributed by atoms with Crippen molar-refractivity contribution in [2.24, 2.45) is 5.92 Å². The van der Waals surface area contributed by atoms with Crippen LogP contribution in [-0.2, 0) is 14.3 Å². The fourth-order valence-electron chi connectivity index (χ4n) is 3.31. The normalized spacial score (nSPS) is 27.6. The minimum Gasteiger partial charge on any atom is -0.481 e. The average Bonchev–Trinajstić information content (AvgIpc) is 3.09. The van der Waals surface area contributed by atoms with Crippen molar-refractivity contribution in [2.45, 2.75) is 43.9 Å². The maximum Gasteiger partial charge on any atom is 0.305 e. The Morgan fingerprint density at radius 3 is 2.59 bits per heavy atom. The molecule has 5 nitrogen and oxygen atoms in total. The van der Waals surface area contributed by atoms with E-state index in [0.29, 0.717) is 5.02 Å². The first-order valence-electron chi connectivity index (χ1n) is 7.46. The van der Waals surface area contributed by atoms with Crippen LogP contribution in [0.25, 0.3) is 0 Å². The first-order valence-corrected chi connectivity index (χ1v) is 7.84. The molecule has 3 unspecified atom stereocenters. The Bertz CT molecular complexity index is 574. The van der Waals surface area contributed by atoms with E-state index >= 15 is 0 Å². The first-order chi connectivity index (χ1) is 10.5. The molecule has 0 radical (unpaired) electrons. The van der Waals surface area contributed by atoms with Crippen LogP contribution >= 0.6 is 11.6 Å². The number of carbonyl (C=O) groups is 2. The Balaban J connectivity index is 1.71. The third-order valence-corrected chi connectivity index (χ3v) is 4.66. The Morgan fingerprint density at radius 2 is 2.05 bits per heavy atom. The first kappa shape index (κ1) is 15.3. The molecular formula is C16H18ClNO4. The van der Waals surface area contributed by atoms with Gasteiger partial charge in [-0.05, 0) is 37.0 Å². The molecule has 2 heterocycles. The Labute approximate surface area is 133 Å². The zero-order chi connectivity index (χ0) is 15.7. The van der Waals surface area contributed by atoms with Gasteiger partial charge in [-0.15, -0.1) is 0 Å². The molecule has 3 rings (SSSR count). The van der Waals surface area contributed by atoms with Crippen molar-refractivity contribution in [2.75, 3.05) is 0 Å². The molecular weight excluding hydrogens is 306 g/mol. The number of carbonyl (C=O) groups excluding carboxylic acids is 1. The van der Waals surface area contributed by atoms with Crippen molar-refractivity contribution < 1.29 is 19.4 Å². The van der Waals surface area contributed by atoms with Gasteiger partial charge in [0.15, 0.2) is 0 Å². The van der Waals surface area contributed by atoms with Crippen LogP contribution in [0.4, 0.5) is 0 Å². The van der Waals surface area contributed by atoms with Gasteiger partial charge in [0.25, 0.3) is 0 Å². The van der Waals surface area contributed by atoms with E-state index in [-0.39, 0.29) is 30.5 Å². The van der Waals surface area contributed by atoms with Gasteiger partial charge in [-0.2, -0.15) is 0 Å². The summed E-state index contributed by atoms with van der Waals surface area (Å²) in [4.78, 5) is 23.5. The van der Waals surface area contributed by atoms with E-state index < -0.39 is 12.0 Å². The van der Waals surface area contributed by atoms with E-state index in [2.05, 4.69) is 5.32 Å². The van der Waals surface area contributed by atoms with Crippen molar-refractivity contribution in [3.63, 3.8) is 0 Å². The molecule has 6 heteroatoms. The van der Waals surface area contributed by atoms with Crippen molar-refractivity contribution >= 4 is 23.5 Å². The van der Waals surface area contributed by atoms with Crippen molar-refractivity contribution in [3.8, 4) is 0 Å². The fourth-order valence-corrected chi connectivity index (χ4v) is 3.44. The van der Waals surface area contributed by atoms with Gasteiger partial charge in [-0.1, -0.05) is 23.7 Å². The summed E-state index contributed by atoms with van der Waals surface area (Å²) in [6.45, 7) is 0. The van der Waals surface area contributed by atoms with Gasteiger partial charge < -0.3 is 15.2 Å². The summed E-state index contributed by atoms with van der Waals surface area (Å²) in [5, 5.41) is 12.5. The molecule has 1 amide bonds. The highest BCUT2D eigenvalue weighted by Crippen LogP contribution is 2.39. The number of hydrogen-bond acceptors (Lipinski definition) is 3. The molecule has 1 aromatic rings. The van der Waals surface area contributed by atoms with Crippen molar-refractivity contribution in [3.05, 3.63) is 34.9 Å². The number of fused-ring (bicyclic) bond motifs is 2. The standard InChI is InChI=1S/C16H18ClNO4/c17-10-3-1-9(2-4-10)13(8-15(19)20)18-16(21)12-7-11-5-6-14(12)22-11/h1-4,11-14H,5-8H2,(H,18,21)(H,19,20)/t11?,12?,13-,14?/m0/s1. The van der Waals surface area contributed by atoms with Crippen LogP contribution in [0.2, 0.25) is 5.02 Å². The second-order valence-electron chi connectivity index (χ2n) is 5.93. The molecule has 2 fully saturated rings. The fraction of sp³-hybridized carbons (Fsp3) is 0.500. The molecule has 2 N–H and O–H groups in total. The third kappa shape index (κ3) is 3.25. The maximum atomic E-state index is 12.5. The molecule has 2 bridgehead atoms. The summed E-state index contributed by atoms with van der Waals surface area (Å²) >= 11 is 5.85. The highest BCUT2D eigenvalue weighted by Gasteiger charge is 2.44. The monoisotopic (exact) mass is 323 g/mol. The molecule has 4 atom stereocenters. The quantitative estimate of drug-likeness (QED) is 0.873. The third-order valence-electron chi connectivity index (χ3n) is 4.41. The largest absolute Gasteiger partial charge is 0.481 e. The van der Waals surface area contributed by atoms with E-state index in [1.807, 2.05) is 0 Å². The molecule has 118 valence electrons. The second kappa shape index (κ2) is 6.26. The molecule has 0 aliphatic carbocycles. The average molecular weight is 324 g/mol. The topological polar surface area (TPSA) is 75.6 Å². The van der Waals surface area contributed by atoms with Gasteiger partial charge >= 0.3 is 5.97 Å². The van der Waals surface area contributed by atoms with Crippen LogP contribution in [0.3, 0.4) is 0 Å². The Kier molecular flexibility index (Phi) is 4.36. The van der Waals surface area contributed by atoms with Crippen LogP contribution in [0.1, 0.15) is 37.3 Å². The smallest absolute Gasteiger partial charge is 0.305 e. The van der Waals surface area contributed by atoms with Gasteiger partial charge in [0, 0.05) is 5.02 Å². The van der Waals surface area contributed by atoms with E-state index in [9.17, 15) is 9.59 Å². The highest BCUT2D eigenvalue weighted by molar-refractivity contribution is 6.30. The van der Waals surface area contributed by atoms with Gasteiger partial charge in [-0.3, -0.25) is 9.59 Å². The number of halogens is 1. The van der Waals surface area contributed by atoms with Gasteiger partial charge in [-0.25, -0.2) is 0 Å². The van der Waals surface area contributed by atoms with Crippen LogP contribution in [0, 0.1) is 5.92 Å². The molecule has 22 heavy (non-hydrogen) atoms. The second-order valence-corrected chi connectivity index (χ2v) is 6.36. The summed E-state index contributed by atoms with van der Waals surface area (Å²) in [5.74, 6) is -1.24. The van der Waals surface area contributed by atoms with Crippen molar-refractivity contribution in [1.82, 2.24) is 5.32 Å². The summed E-state index contributed by atoms with van der Waals surface area (Å²) in [5.41, 5.74) is 0.740. The van der Waals surface area contributed by atoms with Crippen molar-refractivity contribution in [1.29, 1.82) is 0 Å². The SMILES string of the molecule is O=C(O)C[C@H](NC(=O)C1CC2CCC1O2)c1ccc(Cl)cc1. The molecule has 2 aliphatic heterocycles. The number of rotatable bonds is 5.